The Labute approximate surface area is 115 Å². The molecule has 106 valence electrons. The van der Waals surface area contributed by atoms with Crippen molar-refractivity contribution in [1.82, 2.24) is 14.7 Å². The maximum Gasteiger partial charge on any atom is 0.310 e. The van der Waals surface area contributed by atoms with E-state index in [0.29, 0.717) is 23.9 Å². The third kappa shape index (κ3) is 2.06. The van der Waals surface area contributed by atoms with Crippen molar-refractivity contribution in [2.24, 2.45) is 5.41 Å². The summed E-state index contributed by atoms with van der Waals surface area (Å²) >= 11 is 0. The molecule has 0 bridgehead atoms. The smallest absolute Gasteiger partial charge is 0.310 e. The van der Waals surface area contributed by atoms with Crippen LogP contribution in [0.5, 0.6) is 0 Å². The van der Waals surface area contributed by atoms with Crippen molar-refractivity contribution in [3.63, 3.8) is 0 Å². The number of carbonyl (C=O) groups is 1. The van der Waals surface area contributed by atoms with Gasteiger partial charge in [0.05, 0.1) is 5.41 Å². The fraction of sp³-hybridized carbons (Fsp3) is 0.333. The summed E-state index contributed by atoms with van der Waals surface area (Å²) in [6.07, 6.45) is 3.92. The van der Waals surface area contributed by atoms with Gasteiger partial charge in [0.25, 0.3) is 0 Å². The largest absolute Gasteiger partial charge is 0.481 e. The summed E-state index contributed by atoms with van der Waals surface area (Å²) in [6.45, 7) is -0.0857. The van der Waals surface area contributed by atoms with Crippen LogP contribution in [-0.4, -0.2) is 36.0 Å². The Morgan fingerprint density at radius 1 is 1.50 bits per heavy atom. The van der Waals surface area contributed by atoms with Crippen LogP contribution in [0.15, 0.2) is 29.4 Å². The Balaban J connectivity index is 1.87. The van der Waals surface area contributed by atoms with Gasteiger partial charge in [0, 0.05) is 24.3 Å². The molecule has 0 radical (unpaired) electrons. The first-order valence-corrected chi connectivity index (χ1v) is 7.58. The van der Waals surface area contributed by atoms with Crippen LogP contribution >= 0.6 is 0 Å². The predicted molar refractivity (Wildman–Crippen MR) is 70.6 cm³/mol. The molecule has 2 aromatic heterocycles. The first-order chi connectivity index (χ1) is 9.45. The molecule has 2 aromatic rings. The highest BCUT2D eigenvalue weighted by Gasteiger charge is 2.50. The van der Waals surface area contributed by atoms with Crippen LogP contribution in [0.3, 0.4) is 0 Å². The normalized spacial score (nSPS) is 17.2. The molecule has 1 aliphatic carbocycles. The molecule has 0 saturated heterocycles. The summed E-state index contributed by atoms with van der Waals surface area (Å²) in [4.78, 5) is 17.9. The molecule has 3 N–H and O–H groups in total. The van der Waals surface area contributed by atoms with Gasteiger partial charge in [-0.2, -0.15) is 0 Å². The molecular formula is C12H13N3O4S. The van der Waals surface area contributed by atoms with Gasteiger partial charge in [0.2, 0.25) is 10.0 Å². The fourth-order valence-electron chi connectivity index (χ4n) is 2.08. The van der Waals surface area contributed by atoms with E-state index in [1.165, 1.54) is 6.20 Å². The average Bonchev–Trinajstić information content (AvgIpc) is 3.08. The summed E-state index contributed by atoms with van der Waals surface area (Å²) in [6, 6.07) is 3.30. The molecule has 1 saturated carbocycles. The second-order valence-electron chi connectivity index (χ2n) is 4.96. The number of sulfonamides is 1. The van der Waals surface area contributed by atoms with Crippen LogP contribution in [0.1, 0.15) is 12.8 Å². The lowest BCUT2D eigenvalue weighted by atomic mass is 10.1. The molecule has 1 aliphatic rings. The number of fused-ring (bicyclic) bond motifs is 1. The molecule has 0 spiro atoms. The minimum absolute atomic E-state index is 0.0850. The third-order valence-corrected chi connectivity index (χ3v) is 5.05. The summed E-state index contributed by atoms with van der Waals surface area (Å²) in [5, 5.41) is 9.54. The zero-order valence-electron chi connectivity index (χ0n) is 10.5. The number of nitrogens with one attached hydrogen (secondary N) is 2. The lowest BCUT2D eigenvalue weighted by molar-refractivity contribution is -0.143. The van der Waals surface area contributed by atoms with E-state index in [0.717, 1.165) is 0 Å². The minimum atomic E-state index is -3.75. The number of pyridine rings is 1. The molecule has 0 aliphatic heterocycles. The van der Waals surface area contributed by atoms with E-state index < -0.39 is 21.4 Å². The number of rotatable bonds is 5. The average molecular weight is 295 g/mol. The van der Waals surface area contributed by atoms with Gasteiger partial charge in [-0.05, 0) is 25.0 Å². The monoisotopic (exact) mass is 295 g/mol. The molecule has 0 atom stereocenters. The highest BCUT2D eigenvalue weighted by atomic mass is 32.2. The van der Waals surface area contributed by atoms with Crippen molar-refractivity contribution in [1.29, 1.82) is 0 Å². The minimum Gasteiger partial charge on any atom is -0.481 e. The number of carboxylic acid groups (broad SMARTS) is 1. The van der Waals surface area contributed by atoms with Gasteiger partial charge in [-0.15, -0.1) is 0 Å². The van der Waals surface area contributed by atoms with Gasteiger partial charge in [0.1, 0.15) is 10.5 Å². The number of aromatic nitrogens is 2. The molecule has 20 heavy (non-hydrogen) atoms. The maximum absolute atomic E-state index is 12.3. The lowest BCUT2D eigenvalue weighted by Gasteiger charge is -2.11. The molecular weight excluding hydrogens is 282 g/mol. The van der Waals surface area contributed by atoms with E-state index in [4.69, 9.17) is 5.11 Å². The topological polar surface area (TPSA) is 112 Å². The fourth-order valence-corrected chi connectivity index (χ4v) is 3.37. The molecule has 0 unspecified atom stereocenters. The van der Waals surface area contributed by atoms with Crippen LogP contribution < -0.4 is 4.72 Å². The van der Waals surface area contributed by atoms with Crippen molar-refractivity contribution in [3.8, 4) is 0 Å². The lowest BCUT2D eigenvalue weighted by Crippen LogP contribution is -2.34. The molecule has 8 heteroatoms. The zero-order valence-corrected chi connectivity index (χ0v) is 11.3. The number of hydrogen-bond acceptors (Lipinski definition) is 4. The summed E-state index contributed by atoms with van der Waals surface area (Å²) < 4.78 is 26.9. The van der Waals surface area contributed by atoms with Crippen LogP contribution in [0.4, 0.5) is 0 Å². The van der Waals surface area contributed by atoms with E-state index in [1.54, 1.807) is 18.3 Å². The third-order valence-electron chi connectivity index (χ3n) is 3.61. The van der Waals surface area contributed by atoms with E-state index in [9.17, 15) is 13.2 Å². The maximum atomic E-state index is 12.3. The number of aliphatic carboxylic acids is 1. The predicted octanol–water partition coefficient (Wildman–Crippen LogP) is 0.706. The van der Waals surface area contributed by atoms with Gasteiger partial charge in [-0.1, -0.05) is 0 Å². The van der Waals surface area contributed by atoms with Crippen LogP contribution in [-0.2, 0) is 14.8 Å². The van der Waals surface area contributed by atoms with Crippen LogP contribution in [0, 0.1) is 5.41 Å². The first-order valence-electron chi connectivity index (χ1n) is 6.10. The Hall–Kier alpha value is -1.93. The second-order valence-corrected chi connectivity index (χ2v) is 6.70. The van der Waals surface area contributed by atoms with Gasteiger partial charge in [0.15, 0.2) is 0 Å². The molecule has 0 amide bonds. The Morgan fingerprint density at radius 3 is 2.90 bits per heavy atom. The quantitative estimate of drug-likeness (QED) is 0.752. The van der Waals surface area contributed by atoms with E-state index in [2.05, 4.69) is 14.7 Å². The van der Waals surface area contributed by atoms with Gasteiger partial charge < -0.3 is 10.1 Å². The van der Waals surface area contributed by atoms with E-state index in [1.807, 2.05) is 0 Å². The molecule has 7 nitrogen and oxygen atoms in total. The van der Waals surface area contributed by atoms with Gasteiger partial charge >= 0.3 is 5.97 Å². The Bertz CT molecular complexity index is 777. The number of nitrogens with zero attached hydrogens (tertiary/aromatic N) is 1. The van der Waals surface area contributed by atoms with Crippen LogP contribution in [0.2, 0.25) is 0 Å². The first kappa shape index (κ1) is 13.1. The van der Waals surface area contributed by atoms with Gasteiger partial charge in [-0.25, -0.2) is 18.1 Å². The standard InChI is InChI=1S/C12H13N3O4S/c16-11(17)12(3-4-12)7-15-20(18,19)9-6-14-10-8(9)2-1-5-13-10/h1-2,5-6,15H,3-4,7H2,(H,13,14)(H,16,17). The van der Waals surface area contributed by atoms with Crippen molar-refractivity contribution in [3.05, 3.63) is 24.5 Å². The van der Waals surface area contributed by atoms with Crippen molar-refractivity contribution >= 4 is 27.0 Å². The van der Waals surface area contributed by atoms with Crippen LogP contribution in [0.25, 0.3) is 11.0 Å². The number of carboxylic acids is 1. The Kier molecular flexibility index (Phi) is 2.80. The summed E-state index contributed by atoms with van der Waals surface area (Å²) in [7, 11) is -3.75. The second kappa shape index (κ2) is 4.29. The van der Waals surface area contributed by atoms with Crippen molar-refractivity contribution < 1.29 is 18.3 Å². The summed E-state index contributed by atoms with van der Waals surface area (Å²) in [5.41, 5.74) is -0.454. The van der Waals surface area contributed by atoms with Crippen molar-refractivity contribution in [2.75, 3.05) is 6.54 Å². The highest BCUT2D eigenvalue weighted by molar-refractivity contribution is 7.89. The van der Waals surface area contributed by atoms with E-state index >= 15 is 0 Å². The molecule has 3 rings (SSSR count). The van der Waals surface area contributed by atoms with E-state index in [-0.39, 0.29) is 11.4 Å². The number of hydrogen-bond donors (Lipinski definition) is 3. The SMILES string of the molecule is O=C(O)C1(CNS(=O)(=O)c2c[nH]c3ncccc23)CC1. The zero-order chi connectivity index (χ0) is 14.4. The van der Waals surface area contributed by atoms with Gasteiger partial charge in [-0.3, -0.25) is 4.79 Å². The number of aromatic amines is 1. The van der Waals surface area contributed by atoms with Crippen molar-refractivity contribution in [2.45, 2.75) is 17.7 Å². The molecule has 2 heterocycles. The molecule has 1 fully saturated rings. The highest BCUT2D eigenvalue weighted by Crippen LogP contribution is 2.45. The Morgan fingerprint density at radius 2 is 2.25 bits per heavy atom. The molecule has 0 aromatic carbocycles. The summed E-state index contributed by atoms with van der Waals surface area (Å²) in [5.74, 6) is -0.958. The number of H-pyrrole nitrogens is 1.